The summed E-state index contributed by atoms with van der Waals surface area (Å²) in [6.07, 6.45) is 44.1. The quantitative estimate of drug-likeness (QED) is 0.0353. The fourth-order valence-corrected chi connectivity index (χ4v) is 5.43. The normalized spacial score (nSPS) is 13.4. The van der Waals surface area contributed by atoms with E-state index in [2.05, 4.69) is 79.9 Å². The van der Waals surface area contributed by atoms with Crippen LogP contribution < -0.4 is 11.1 Å². The summed E-state index contributed by atoms with van der Waals surface area (Å²) in [6, 6.07) is -0.861. The zero-order chi connectivity index (χ0) is 36.0. The largest absolute Gasteiger partial charge is 0.480 e. The van der Waals surface area contributed by atoms with Gasteiger partial charge in [0.05, 0.1) is 0 Å². The number of hydrogen-bond acceptors (Lipinski definition) is 5. The van der Waals surface area contributed by atoms with E-state index >= 15 is 0 Å². The third kappa shape index (κ3) is 33.3. The molecule has 0 saturated heterocycles. The predicted octanol–water partition coefficient (Wildman–Crippen LogP) is 10.6. The first-order valence-electron chi connectivity index (χ1n) is 19.6. The molecule has 2 atom stereocenters. The predicted molar refractivity (Wildman–Crippen MR) is 206 cm³/mol. The maximum Gasteiger partial charge on any atom is 0.326 e. The molecule has 0 aliphatic rings. The van der Waals surface area contributed by atoms with Crippen molar-refractivity contribution in [2.75, 3.05) is 6.54 Å². The minimum absolute atomic E-state index is 0.0142. The number of allylic oxidation sites excluding steroid dienone is 10. The second kappa shape index (κ2) is 36.4. The van der Waals surface area contributed by atoms with Crippen molar-refractivity contribution in [2.45, 2.75) is 180 Å². The maximum atomic E-state index is 12.7. The molecule has 0 aromatic carbocycles. The van der Waals surface area contributed by atoms with Crippen LogP contribution in [0.5, 0.6) is 0 Å². The number of aliphatic carboxylic acids is 1. The highest BCUT2D eigenvalue weighted by molar-refractivity contribution is 5.83. The van der Waals surface area contributed by atoms with Crippen molar-refractivity contribution >= 4 is 17.8 Å². The summed E-state index contributed by atoms with van der Waals surface area (Å²) in [5, 5.41) is 11.9. The van der Waals surface area contributed by atoms with Crippen LogP contribution in [0.2, 0.25) is 0 Å². The third-order valence-corrected chi connectivity index (χ3v) is 8.35. The summed E-state index contributed by atoms with van der Waals surface area (Å²) in [6.45, 7) is 4.78. The SMILES string of the molecule is CC/C=C\C/C=C\C/C=C\C/C=C\C/C=C\CCCC(=O)OC(CCCCCCCC)CCCCCCCC(=O)NC(CCCN)C(=O)O. The Kier molecular flexibility index (Phi) is 34.2. The molecule has 0 saturated carbocycles. The highest BCUT2D eigenvalue weighted by Gasteiger charge is 2.19. The Hall–Kier alpha value is -2.93. The third-order valence-electron chi connectivity index (χ3n) is 8.35. The van der Waals surface area contributed by atoms with E-state index in [0.29, 0.717) is 32.2 Å². The molecular weight excluding hydrogens is 612 g/mol. The van der Waals surface area contributed by atoms with E-state index in [-0.39, 0.29) is 18.0 Å². The van der Waals surface area contributed by atoms with Gasteiger partial charge in [0, 0.05) is 12.8 Å². The maximum absolute atomic E-state index is 12.7. The first kappa shape index (κ1) is 46.1. The summed E-state index contributed by atoms with van der Waals surface area (Å²) in [5.74, 6) is -1.31. The summed E-state index contributed by atoms with van der Waals surface area (Å²) < 4.78 is 5.95. The molecule has 0 aliphatic carbocycles. The number of unbranched alkanes of at least 4 members (excludes halogenated alkanes) is 10. The van der Waals surface area contributed by atoms with Gasteiger partial charge in [0.15, 0.2) is 0 Å². The molecule has 0 spiro atoms. The fourth-order valence-electron chi connectivity index (χ4n) is 5.43. The van der Waals surface area contributed by atoms with Crippen LogP contribution in [0.15, 0.2) is 60.8 Å². The van der Waals surface area contributed by atoms with E-state index in [1.807, 2.05) is 0 Å². The van der Waals surface area contributed by atoms with E-state index in [1.165, 1.54) is 32.1 Å². The smallest absolute Gasteiger partial charge is 0.326 e. The van der Waals surface area contributed by atoms with Crippen LogP contribution in [-0.4, -0.2) is 41.6 Å². The molecule has 280 valence electrons. The molecular formula is C42H72N2O5. The number of nitrogens with one attached hydrogen (secondary N) is 1. The minimum Gasteiger partial charge on any atom is -0.480 e. The van der Waals surface area contributed by atoms with Gasteiger partial charge in [0.2, 0.25) is 5.91 Å². The second-order valence-electron chi connectivity index (χ2n) is 13.0. The number of esters is 1. The molecule has 0 rings (SSSR count). The van der Waals surface area contributed by atoms with Crippen molar-refractivity contribution < 1.29 is 24.2 Å². The number of carboxylic acid groups (broad SMARTS) is 1. The van der Waals surface area contributed by atoms with Crippen molar-refractivity contribution in [3.05, 3.63) is 60.8 Å². The van der Waals surface area contributed by atoms with Gasteiger partial charge in [-0.15, -0.1) is 0 Å². The number of carboxylic acids is 1. The average Bonchev–Trinajstić information content (AvgIpc) is 3.08. The molecule has 7 heteroatoms. The zero-order valence-electron chi connectivity index (χ0n) is 31.3. The average molecular weight is 685 g/mol. The second-order valence-corrected chi connectivity index (χ2v) is 13.0. The number of amides is 1. The van der Waals surface area contributed by atoms with Crippen molar-refractivity contribution in [1.82, 2.24) is 5.32 Å². The molecule has 2 unspecified atom stereocenters. The Labute approximate surface area is 300 Å². The lowest BCUT2D eigenvalue weighted by molar-refractivity contribution is -0.150. The Bertz CT molecular complexity index is 953. The molecule has 0 fully saturated rings. The van der Waals surface area contributed by atoms with Crippen LogP contribution in [0.4, 0.5) is 0 Å². The summed E-state index contributed by atoms with van der Waals surface area (Å²) in [4.78, 5) is 36.1. The van der Waals surface area contributed by atoms with Gasteiger partial charge in [0.25, 0.3) is 0 Å². The topological polar surface area (TPSA) is 119 Å². The van der Waals surface area contributed by atoms with Crippen molar-refractivity contribution in [2.24, 2.45) is 5.73 Å². The van der Waals surface area contributed by atoms with Gasteiger partial charge < -0.3 is 20.9 Å². The number of nitrogens with two attached hydrogens (primary N) is 1. The van der Waals surface area contributed by atoms with E-state index < -0.39 is 12.0 Å². The Balaban J connectivity index is 4.27. The van der Waals surface area contributed by atoms with Crippen LogP contribution in [-0.2, 0) is 19.1 Å². The molecule has 7 nitrogen and oxygen atoms in total. The summed E-state index contributed by atoms with van der Waals surface area (Å²) in [7, 11) is 0. The lowest BCUT2D eigenvalue weighted by Crippen LogP contribution is -2.40. The number of carbonyl (C=O) groups excluding carboxylic acids is 2. The molecule has 4 N–H and O–H groups in total. The lowest BCUT2D eigenvalue weighted by atomic mass is 10.0. The first-order valence-corrected chi connectivity index (χ1v) is 19.6. The Morgan fingerprint density at radius 2 is 1.12 bits per heavy atom. The monoisotopic (exact) mass is 685 g/mol. The Morgan fingerprint density at radius 3 is 1.65 bits per heavy atom. The van der Waals surface area contributed by atoms with E-state index in [0.717, 1.165) is 96.3 Å². The summed E-state index contributed by atoms with van der Waals surface area (Å²) in [5.41, 5.74) is 5.46. The number of hydrogen-bond donors (Lipinski definition) is 3. The molecule has 49 heavy (non-hydrogen) atoms. The van der Waals surface area contributed by atoms with Crippen LogP contribution in [0.25, 0.3) is 0 Å². The van der Waals surface area contributed by atoms with Gasteiger partial charge in [-0.1, -0.05) is 126 Å². The highest BCUT2D eigenvalue weighted by Crippen LogP contribution is 2.18. The number of rotatable bonds is 34. The molecule has 0 bridgehead atoms. The molecule has 0 aliphatic heterocycles. The van der Waals surface area contributed by atoms with Gasteiger partial charge in [-0.3, -0.25) is 9.59 Å². The molecule has 0 heterocycles. The molecule has 1 amide bonds. The van der Waals surface area contributed by atoms with Crippen molar-refractivity contribution in [3.63, 3.8) is 0 Å². The van der Waals surface area contributed by atoms with E-state index in [1.54, 1.807) is 0 Å². The number of carbonyl (C=O) groups is 3. The van der Waals surface area contributed by atoms with E-state index in [9.17, 15) is 19.5 Å². The van der Waals surface area contributed by atoms with Gasteiger partial charge >= 0.3 is 11.9 Å². The molecule has 0 aromatic heterocycles. The van der Waals surface area contributed by atoms with Crippen LogP contribution in [0, 0.1) is 0 Å². The van der Waals surface area contributed by atoms with Crippen LogP contribution in [0.1, 0.15) is 168 Å². The zero-order valence-corrected chi connectivity index (χ0v) is 31.3. The molecule has 0 aromatic rings. The van der Waals surface area contributed by atoms with Gasteiger partial charge in [-0.05, 0) is 96.4 Å². The van der Waals surface area contributed by atoms with Crippen molar-refractivity contribution in [3.8, 4) is 0 Å². The highest BCUT2D eigenvalue weighted by atomic mass is 16.5. The van der Waals surface area contributed by atoms with Gasteiger partial charge in [0.1, 0.15) is 12.1 Å². The summed E-state index contributed by atoms with van der Waals surface area (Å²) >= 11 is 0. The minimum atomic E-state index is -1.01. The van der Waals surface area contributed by atoms with Gasteiger partial charge in [-0.25, -0.2) is 4.79 Å². The molecule has 0 radical (unpaired) electrons. The first-order chi connectivity index (χ1) is 23.9. The standard InChI is InChI=1S/C42H72N2O5/c1-3-5-7-9-11-12-13-14-15-16-17-18-19-20-21-26-30-36-41(46)49-38(32-27-23-10-8-6-4-2)33-28-24-22-25-29-35-40(45)44-39(42(47)48)34-31-37-43/h5,7,11-12,14-15,17-18,20-21,38-39H,3-4,6,8-10,13,16,19,22-37,43H2,1-2H3,(H,44,45)(H,47,48)/b7-5-,12-11-,15-14-,18-17-,21-20-. The van der Waals surface area contributed by atoms with Crippen molar-refractivity contribution in [1.29, 1.82) is 0 Å². The van der Waals surface area contributed by atoms with Gasteiger partial charge in [-0.2, -0.15) is 0 Å². The lowest BCUT2D eigenvalue weighted by Gasteiger charge is -2.18. The van der Waals surface area contributed by atoms with Crippen LogP contribution in [0.3, 0.4) is 0 Å². The Morgan fingerprint density at radius 1 is 0.612 bits per heavy atom. The van der Waals surface area contributed by atoms with Crippen LogP contribution >= 0.6 is 0 Å². The number of ether oxygens (including phenoxy) is 1. The fraction of sp³-hybridized carbons (Fsp3) is 0.690. The van der Waals surface area contributed by atoms with E-state index in [4.69, 9.17) is 10.5 Å².